The van der Waals surface area contributed by atoms with Crippen molar-refractivity contribution in [1.82, 2.24) is 4.90 Å². The summed E-state index contributed by atoms with van der Waals surface area (Å²) in [5.41, 5.74) is 1.28. The van der Waals surface area contributed by atoms with Crippen molar-refractivity contribution >= 4 is 22.8 Å². The Bertz CT molecular complexity index is 830. The molecular weight excluding hydrogens is 346 g/mol. The van der Waals surface area contributed by atoms with Crippen LogP contribution in [-0.2, 0) is 9.53 Å². The predicted octanol–water partition coefficient (Wildman–Crippen LogP) is 3.80. The number of piperidine rings is 1. The van der Waals surface area contributed by atoms with E-state index in [1.807, 2.05) is 13.0 Å². The predicted molar refractivity (Wildman–Crippen MR) is 102 cm³/mol. The minimum atomic E-state index is -0.617. The number of likely N-dealkylation sites (tertiary alicyclic amines) is 1. The molecule has 2 aromatic rings. The van der Waals surface area contributed by atoms with E-state index >= 15 is 0 Å². The second-order valence-electron chi connectivity index (χ2n) is 7.47. The van der Waals surface area contributed by atoms with Gasteiger partial charge in [0, 0.05) is 24.0 Å². The Labute approximate surface area is 159 Å². The molecule has 0 bridgehead atoms. The van der Waals surface area contributed by atoms with Gasteiger partial charge in [-0.05, 0) is 50.3 Å². The zero-order valence-electron chi connectivity index (χ0n) is 16.4. The molecule has 0 unspecified atom stereocenters. The number of furan rings is 1. The van der Waals surface area contributed by atoms with Gasteiger partial charge in [-0.15, -0.1) is 0 Å². The van der Waals surface area contributed by atoms with Gasteiger partial charge in [0.1, 0.15) is 11.3 Å². The van der Waals surface area contributed by atoms with E-state index in [1.165, 1.54) is 0 Å². The summed E-state index contributed by atoms with van der Waals surface area (Å²) in [4.78, 5) is 26.6. The van der Waals surface area contributed by atoms with Gasteiger partial charge in [0.05, 0.1) is 6.61 Å². The molecular formula is C21H27NO5. The highest BCUT2D eigenvalue weighted by Crippen LogP contribution is 2.29. The molecule has 2 atom stereocenters. The summed E-state index contributed by atoms with van der Waals surface area (Å²) in [5.74, 6) is 1.00. The third-order valence-electron chi connectivity index (χ3n) is 4.95. The molecule has 2 heterocycles. The van der Waals surface area contributed by atoms with Gasteiger partial charge in [0.25, 0.3) is 5.91 Å². The number of ether oxygens (including phenoxy) is 2. The van der Waals surface area contributed by atoms with Gasteiger partial charge in [-0.1, -0.05) is 13.8 Å². The molecule has 3 rings (SSSR count). The number of hydrogen-bond acceptors (Lipinski definition) is 5. The van der Waals surface area contributed by atoms with Crippen LogP contribution in [0.15, 0.2) is 22.6 Å². The van der Waals surface area contributed by atoms with Crippen LogP contribution in [0.5, 0.6) is 5.75 Å². The lowest BCUT2D eigenvalue weighted by molar-refractivity contribution is -0.137. The number of hydrogen-bond donors (Lipinski definition) is 0. The highest BCUT2D eigenvalue weighted by molar-refractivity contribution is 5.97. The zero-order chi connectivity index (χ0) is 19.6. The monoisotopic (exact) mass is 373 g/mol. The highest BCUT2D eigenvalue weighted by atomic mass is 16.5. The highest BCUT2D eigenvalue weighted by Gasteiger charge is 2.27. The van der Waals surface area contributed by atoms with Crippen molar-refractivity contribution in [3.8, 4) is 5.75 Å². The number of carbonyl (C=O) groups is 2. The third-order valence-corrected chi connectivity index (χ3v) is 4.95. The maximum Gasteiger partial charge on any atom is 0.375 e. The first kappa shape index (κ1) is 19.3. The minimum Gasteiger partial charge on any atom is -0.494 e. The van der Waals surface area contributed by atoms with Crippen LogP contribution in [0.1, 0.15) is 43.3 Å². The van der Waals surface area contributed by atoms with Crippen LogP contribution in [0.2, 0.25) is 0 Å². The van der Waals surface area contributed by atoms with E-state index in [2.05, 4.69) is 13.8 Å². The largest absolute Gasteiger partial charge is 0.494 e. The Kier molecular flexibility index (Phi) is 5.73. The third kappa shape index (κ3) is 4.26. The van der Waals surface area contributed by atoms with Crippen LogP contribution < -0.4 is 4.74 Å². The summed E-state index contributed by atoms with van der Waals surface area (Å²) in [7, 11) is 0. The van der Waals surface area contributed by atoms with Crippen LogP contribution in [0.4, 0.5) is 0 Å². The Morgan fingerprint density at radius 2 is 1.93 bits per heavy atom. The first-order valence-electron chi connectivity index (χ1n) is 9.49. The summed E-state index contributed by atoms with van der Waals surface area (Å²) in [5, 5.41) is 0.804. The molecule has 6 nitrogen and oxygen atoms in total. The van der Waals surface area contributed by atoms with Crippen LogP contribution in [0.3, 0.4) is 0 Å². The maximum absolute atomic E-state index is 12.4. The van der Waals surface area contributed by atoms with Crippen molar-refractivity contribution in [3.05, 3.63) is 29.5 Å². The Balaban J connectivity index is 1.67. The molecule has 27 heavy (non-hydrogen) atoms. The van der Waals surface area contributed by atoms with Crippen molar-refractivity contribution in [3.63, 3.8) is 0 Å². The average molecular weight is 373 g/mol. The number of fused-ring (bicyclic) bond motifs is 1. The standard InChI is InChI=1S/C21H27NO5/c1-5-25-16-6-7-18-17(9-16)15(4)20(27-18)21(24)26-12-19(23)22-10-13(2)8-14(3)11-22/h6-7,9,13-14H,5,8,10-12H2,1-4H3/t13-,14+. The van der Waals surface area contributed by atoms with E-state index in [0.717, 1.165) is 17.6 Å². The molecule has 0 N–H and O–H groups in total. The van der Waals surface area contributed by atoms with Gasteiger partial charge in [-0.3, -0.25) is 4.79 Å². The quantitative estimate of drug-likeness (QED) is 0.746. The minimum absolute atomic E-state index is 0.131. The fraction of sp³-hybridized carbons (Fsp3) is 0.524. The van der Waals surface area contributed by atoms with E-state index in [1.54, 1.807) is 24.0 Å². The van der Waals surface area contributed by atoms with Crippen LogP contribution in [-0.4, -0.2) is 43.1 Å². The Morgan fingerprint density at radius 3 is 2.59 bits per heavy atom. The normalized spacial score (nSPS) is 19.9. The molecule has 146 valence electrons. The molecule has 0 aliphatic carbocycles. The second-order valence-corrected chi connectivity index (χ2v) is 7.47. The summed E-state index contributed by atoms with van der Waals surface area (Å²) in [6.07, 6.45) is 1.12. The van der Waals surface area contributed by atoms with E-state index in [4.69, 9.17) is 13.9 Å². The van der Waals surface area contributed by atoms with Crippen molar-refractivity contribution < 1.29 is 23.5 Å². The van der Waals surface area contributed by atoms with Gasteiger partial charge in [-0.25, -0.2) is 4.79 Å². The lowest BCUT2D eigenvalue weighted by atomic mass is 9.92. The Hall–Kier alpha value is -2.50. The van der Waals surface area contributed by atoms with Crippen molar-refractivity contribution in [1.29, 1.82) is 0 Å². The van der Waals surface area contributed by atoms with E-state index in [0.29, 0.717) is 42.7 Å². The number of amides is 1. The summed E-state index contributed by atoms with van der Waals surface area (Å²) in [6, 6.07) is 5.41. The fourth-order valence-electron chi connectivity index (χ4n) is 3.80. The molecule has 1 fully saturated rings. The molecule has 0 spiro atoms. The maximum atomic E-state index is 12.4. The molecule has 1 aromatic carbocycles. The van der Waals surface area contributed by atoms with E-state index in [-0.39, 0.29) is 18.3 Å². The molecule has 1 saturated heterocycles. The van der Waals surface area contributed by atoms with Crippen molar-refractivity contribution in [2.45, 2.75) is 34.1 Å². The SMILES string of the molecule is CCOc1ccc2oc(C(=O)OCC(=O)N3C[C@H](C)C[C@H](C)C3)c(C)c2c1. The van der Waals surface area contributed by atoms with Gasteiger partial charge in [-0.2, -0.15) is 0 Å². The summed E-state index contributed by atoms with van der Waals surface area (Å²) < 4.78 is 16.4. The van der Waals surface area contributed by atoms with E-state index in [9.17, 15) is 9.59 Å². The van der Waals surface area contributed by atoms with Crippen LogP contribution in [0, 0.1) is 18.8 Å². The smallest absolute Gasteiger partial charge is 0.375 e. The molecule has 1 amide bonds. The van der Waals surface area contributed by atoms with E-state index < -0.39 is 5.97 Å². The van der Waals surface area contributed by atoms with Gasteiger partial charge >= 0.3 is 5.97 Å². The number of rotatable bonds is 5. The first-order chi connectivity index (χ1) is 12.9. The Morgan fingerprint density at radius 1 is 1.22 bits per heavy atom. The second kappa shape index (κ2) is 8.03. The van der Waals surface area contributed by atoms with Crippen LogP contribution in [0.25, 0.3) is 11.0 Å². The molecule has 1 aliphatic heterocycles. The van der Waals surface area contributed by atoms with Gasteiger partial charge < -0.3 is 18.8 Å². The topological polar surface area (TPSA) is 69.0 Å². The lowest BCUT2D eigenvalue weighted by Crippen LogP contribution is -2.44. The zero-order valence-corrected chi connectivity index (χ0v) is 16.4. The average Bonchev–Trinajstić information content (AvgIpc) is 2.95. The summed E-state index contributed by atoms with van der Waals surface area (Å²) in [6.45, 7) is 9.71. The van der Waals surface area contributed by atoms with Gasteiger partial charge in [0.15, 0.2) is 6.61 Å². The fourth-order valence-corrected chi connectivity index (χ4v) is 3.80. The van der Waals surface area contributed by atoms with Crippen molar-refractivity contribution in [2.24, 2.45) is 11.8 Å². The first-order valence-corrected chi connectivity index (χ1v) is 9.49. The molecule has 6 heteroatoms. The number of carbonyl (C=O) groups excluding carboxylic acids is 2. The van der Waals surface area contributed by atoms with Crippen LogP contribution >= 0.6 is 0 Å². The molecule has 0 radical (unpaired) electrons. The summed E-state index contributed by atoms with van der Waals surface area (Å²) >= 11 is 0. The number of nitrogens with zero attached hydrogens (tertiary/aromatic N) is 1. The molecule has 1 aromatic heterocycles. The van der Waals surface area contributed by atoms with Gasteiger partial charge in [0.2, 0.25) is 5.76 Å². The number of esters is 1. The van der Waals surface area contributed by atoms with Crippen molar-refractivity contribution in [2.75, 3.05) is 26.3 Å². The number of benzene rings is 1. The molecule has 0 saturated carbocycles. The molecule has 1 aliphatic rings. The number of aryl methyl sites for hydroxylation is 1. The lowest BCUT2D eigenvalue weighted by Gasteiger charge is -2.34.